The smallest absolute Gasteiger partial charge is 0.270 e. The molecule has 0 aliphatic carbocycles. The molecule has 0 aromatic heterocycles. The largest absolute Gasteiger partial charge is 0.508 e. The number of nitro groups is 1. The standard InChI is InChI=1S/C10H14O.C8H8FNO2/c1-10(2,3)8-4-6-9(11)7-5-8;1-5-3-7(10(11)12)4-6(2)8(5)9/h4-7,11H,1-3H3;3-4H,1-2H3. The van der Waals surface area contributed by atoms with Crippen LogP contribution in [0.5, 0.6) is 5.75 Å². The summed E-state index contributed by atoms with van der Waals surface area (Å²) in [6, 6.07) is 9.80. The molecule has 2 aromatic carbocycles. The number of aromatic hydroxyl groups is 1. The Labute approximate surface area is 135 Å². The summed E-state index contributed by atoms with van der Waals surface area (Å²) in [5, 5.41) is 19.3. The van der Waals surface area contributed by atoms with E-state index in [0.29, 0.717) is 16.9 Å². The molecule has 0 fully saturated rings. The number of hydrogen-bond donors (Lipinski definition) is 1. The topological polar surface area (TPSA) is 63.4 Å². The van der Waals surface area contributed by atoms with Gasteiger partial charge in [0.05, 0.1) is 4.92 Å². The number of benzene rings is 2. The van der Waals surface area contributed by atoms with Crippen molar-refractivity contribution in [3.05, 3.63) is 69.0 Å². The predicted octanol–water partition coefficient (Wildman–Crippen LogP) is 5.04. The summed E-state index contributed by atoms with van der Waals surface area (Å²) in [6.45, 7) is 9.48. The Morgan fingerprint density at radius 2 is 1.48 bits per heavy atom. The third-order valence-corrected chi connectivity index (χ3v) is 3.37. The molecule has 0 saturated heterocycles. The maximum atomic E-state index is 13.0. The van der Waals surface area contributed by atoms with Crippen LogP contribution in [0.4, 0.5) is 10.1 Å². The van der Waals surface area contributed by atoms with Gasteiger partial charge >= 0.3 is 0 Å². The highest BCUT2D eigenvalue weighted by Crippen LogP contribution is 2.23. The Morgan fingerprint density at radius 1 is 1.04 bits per heavy atom. The molecule has 2 aromatic rings. The molecule has 0 radical (unpaired) electrons. The number of halogens is 1. The second kappa shape index (κ2) is 7.22. The minimum Gasteiger partial charge on any atom is -0.508 e. The Hall–Kier alpha value is -2.43. The van der Waals surface area contributed by atoms with Crippen molar-refractivity contribution in [2.24, 2.45) is 0 Å². The van der Waals surface area contributed by atoms with E-state index in [1.54, 1.807) is 12.1 Å². The Kier molecular flexibility index (Phi) is 5.85. The van der Waals surface area contributed by atoms with Gasteiger partial charge < -0.3 is 5.11 Å². The maximum absolute atomic E-state index is 13.0. The fourth-order valence-electron chi connectivity index (χ4n) is 1.99. The van der Waals surface area contributed by atoms with Crippen LogP contribution in [-0.4, -0.2) is 10.0 Å². The van der Waals surface area contributed by atoms with Gasteiger partial charge in [0.15, 0.2) is 0 Å². The van der Waals surface area contributed by atoms with E-state index >= 15 is 0 Å². The summed E-state index contributed by atoms with van der Waals surface area (Å²) in [5.74, 6) is -0.0430. The van der Waals surface area contributed by atoms with Crippen molar-refractivity contribution < 1.29 is 14.4 Å². The minimum absolute atomic E-state index is 0.0635. The Morgan fingerprint density at radius 3 is 1.83 bits per heavy atom. The zero-order valence-corrected chi connectivity index (χ0v) is 14.1. The SMILES string of the molecule is CC(C)(C)c1ccc(O)cc1.Cc1cc([N+](=O)[O-])cc(C)c1F. The number of rotatable bonds is 1. The predicted molar refractivity (Wildman–Crippen MR) is 89.3 cm³/mol. The van der Waals surface area contributed by atoms with Crippen molar-refractivity contribution in [3.8, 4) is 5.75 Å². The second-order valence-electron chi connectivity index (χ2n) is 6.45. The minimum atomic E-state index is -0.528. The van der Waals surface area contributed by atoms with Gasteiger partial charge in [-0.2, -0.15) is 0 Å². The Bertz CT molecular complexity index is 665. The normalized spacial score (nSPS) is 10.7. The molecule has 0 amide bonds. The number of hydrogen-bond acceptors (Lipinski definition) is 3. The van der Waals surface area contributed by atoms with Gasteiger partial charge in [0.1, 0.15) is 11.6 Å². The van der Waals surface area contributed by atoms with Crippen molar-refractivity contribution in [1.29, 1.82) is 0 Å². The van der Waals surface area contributed by atoms with Crippen LogP contribution in [0, 0.1) is 29.8 Å². The third kappa shape index (κ3) is 5.36. The lowest BCUT2D eigenvalue weighted by atomic mass is 9.87. The van der Waals surface area contributed by atoms with Gasteiger partial charge in [0, 0.05) is 12.1 Å². The third-order valence-electron chi connectivity index (χ3n) is 3.37. The summed E-state index contributed by atoms with van der Waals surface area (Å²) >= 11 is 0. The van der Waals surface area contributed by atoms with E-state index in [1.165, 1.54) is 31.5 Å². The van der Waals surface area contributed by atoms with Crippen molar-refractivity contribution in [2.75, 3.05) is 0 Å². The zero-order chi connectivity index (χ0) is 17.8. The van der Waals surface area contributed by atoms with Gasteiger partial charge in [0.25, 0.3) is 5.69 Å². The fraction of sp³-hybridized carbons (Fsp3) is 0.333. The van der Waals surface area contributed by atoms with Gasteiger partial charge in [0.2, 0.25) is 0 Å². The second-order valence-corrected chi connectivity index (χ2v) is 6.45. The van der Waals surface area contributed by atoms with E-state index in [0.717, 1.165) is 0 Å². The van der Waals surface area contributed by atoms with Crippen LogP contribution >= 0.6 is 0 Å². The molecule has 0 aliphatic rings. The number of nitrogens with zero attached hydrogens (tertiary/aromatic N) is 1. The maximum Gasteiger partial charge on any atom is 0.270 e. The first-order valence-corrected chi connectivity index (χ1v) is 7.23. The molecule has 5 heteroatoms. The summed E-state index contributed by atoms with van der Waals surface area (Å²) in [4.78, 5) is 9.77. The summed E-state index contributed by atoms with van der Waals surface area (Å²) in [5.41, 5.74) is 1.97. The van der Waals surface area contributed by atoms with Crippen LogP contribution in [0.15, 0.2) is 36.4 Å². The first kappa shape index (κ1) is 18.6. The highest BCUT2D eigenvalue weighted by Gasteiger charge is 2.12. The van der Waals surface area contributed by atoms with E-state index in [-0.39, 0.29) is 16.9 Å². The fourth-order valence-corrected chi connectivity index (χ4v) is 1.99. The molecule has 4 nitrogen and oxygen atoms in total. The molecule has 0 saturated carbocycles. The first-order valence-electron chi connectivity index (χ1n) is 7.23. The van der Waals surface area contributed by atoms with E-state index < -0.39 is 4.92 Å². The summed E-state index contributed by atoms with van der Waals surface area (Å²) < 4.78 is 13.0. The number of phenolic OH excluding ortho intramolecular Hbond substituents is 1. The van der Waals surface area contributed by atoms with Gasteiger partial charge in [-0.1, -0.05) is 32.9 Å². The van der Waals surface area contributed by atoms with Crippen molar-refractivity contribution in [1.82, 2.24) is 0 Å². The lowest BCUT2D eigenvalue weighted by molar-refractivity contribution is -0.385. The van der Waals surface area contributed by atoms with E-state index in [9.17, 15) is 14.5 Å². The highest BCUT2D eigenvalue weighted by molar-refractivity contribution is 5.39. The average Bonchev–Trinajstić information content (AvgIpc) is 2.44. The quantitative estimate of drug-likeness (QED) is 0.591. The van der Waals surface area contributed by atoms with Crippen LogP contribution in [0.1, 0.15) is 37.5 Å². The molecule has 23 heavy (non-hydrogen) atoms. The lowest BCUT2D eigenvalue weighted by Gasteiger charge is -2.18. The van der Waals surface area contributed by atoms with Crippen LogP contribution < -0.4 is 0 Å². The number of phenols is 1. The van der Waals surface area contributed by atoms with Crippen LogP contribution in [0.3, 0.4) is 0 Å². The van der Waals surface area contributed by atoms with Crippen LogP contribution in [-0.2, 0) is 5.41 Å². The summed E-state index contributed by atoms with van der Waals surface area (Å²) in [7, 11) is 0. The molecule has 2 rings (SSSR count). The van der Waals surface area contributed by atoms with Gasteiger partial charge in [-0.15, -0.1) is 0 Å². The van der Waals surface area contributed by atoms with Gasteiger partial charge in [-0.3, -0.25) is 10.1 Å². The van der Waals surface area contributed by atoms with Crippen LogP contribution in [0.25, 0.3) is 0 Å². The molecule has 0 aliphatic heterocycles. The molecular weight excluding hydrogens is 297 g/mol. The van der Waals surface area contributed by atoms with E-state index in [4.69, 9.17) is 5.11 Å². The monoisotopic (exact) mass is 319 g/mol. The highest BCUT2D eigenvalue weighted by atomic mass is 19.1. The van der Waals surface area contributed by atoms with Crippen LogP contribution in [0.2, 0.25) is 0 Å². The van der Waals surface area contributed by atoms with E-state index in [1.807, 2.05) is 12.1 Å². The molecule has 0 bridgehead atoms. The van der Waals surface area contributed by atoms with Crippen molar-refractivity contribution in [2.45, 2.75) is 40.0 Å². The lowest BCUT2D eigenvalue weighted by Crippen LogP contribution is -2.10. The molecule has 124 valence electrons. The first-order chi connectivity index (χ1) is 10.5. The van der Waals surface area contributed by atoms with Gasteiger partial charge in [-0.05, 0) is 48.1 Å². The molecule has 0 unspecified atom stereocenters. The molecule has 0 heterocycles. The molecule has 1 N–H and O–H groups in total. The number of nitro benzene ring substituents is 1. The molecule has 0 atom stereocenters. The van der Waals surface area contributed by atoms with Crippen molar-refractivity contribution in [3.63, 3.8) is 0 Å². The number of aryl methyl sites for hydroxylation is 2. The van der Waals surface area contributed by atoms with Crippen molar-refractivity contribution >= 4 is 5.69 Å². The zero-order valence-electron chi connectivity index (χ0n) is 14.1. The molecular formula is C18H22FNO3. The van der Waals surface area contributed by atoms with Gasteiger partial charge in [-0.25, -0.2) is 4.39 Å². The average molecular weight is 319 g/mol. The van der Waals surface area contributed by atoms with E-state index in [2.05, 4.69) is 20.8 Å². The number of non-ortho nitro benzene ring substituents is 1. The molecule has 0 spiro atoms. The summed E-state index contributed by atoms with van der Waals surface area (Å²) in [6.07, 6.45) is 0. The Balaban J connectivity index is 0.000000231.